The Labute approximate surface area is 120 Å². The second-order valence-electron chi connectivity index (χ2n) is 4.49. The summed E-state index contributed by atoms with van der Waals surface area (Å²) in [6.07, 6.45) is 1.66. The lowest BCUT2D eigenvalue weighted by atomic mass is 10.2. The molecule has 0 atom stereocenters. The fraction of sp³-hybridized carbons (Fsp3) is 0. The first kappa shape index (κ1) is 13.1. The zero-order valence-electron chi connectivity index (χ0n) is 11.0. The number of nitrogens with zero attached hydrogens (tertiary/aromatic N) is 1. The molecule has 3 rings (SSSR count). The predicted molar refractivity (Wildman–Crippen MR) is 79.2 cm³/mol. The maximum atomic E-state index is 14.0. The van der Waals surface area contributed by atoms with Crippen molar-refractivity contribution in [1.29, 1.82) is 5.41 Å². The second kappa shape index (κ2) is 5.20. The first-order valence-electron chi connectivity index (χ1n) is 6.31. The number of hydrogen-bond donors (Lipinski definition) is 2. The van der Waals surface area contributed by atoms with Gasteiger partial charge < -0.3 is 10.5 Å². The lowest BCUT2D eigenvalue weighted by Crippen LogP contribution is -2.11. The standard InChI is InChI=1S/C16H12FN3O/c17-12-9-11(16(18)19)6-7-13(12)21-14-5-1-3-10-4-2-8-20-15(10)14/h1-9H,(H3,18,19). The number of amidine groups is 1. The molecule has 0 fully saturated rings. The van der Waals surface area contributed by atoms with Crippen LogP contribution in [0.15, 0.2) is 54.7 Å². The van der Waals surface area contributed by atoms with Crippen LogP contribution in [-0.2, 0) is 0 Å². The minimum Gasteiger partial charge on any atom is -0.452 e. The first-order chi connectivity index (χ1) is 10.1. The normalized spacial score (nSPS) is 10.5. The molecule has 3 aromatic rings. The van der Waals surface area contributed by atoms with Crippen LogP contribution in [0.3, 0.4) is 0 Å². The first-order valence-corrected chi connectivity index (χ1v) is 6.31. The van der Waals surface area contributed by atoms with Crippen molar-refractivity contribution in [2.45, 2.75) is 0 Å². The fourth-order valence-electron chi connectivity index (χ4n) is 2.03. The number of aromatic nitrogens is 1. The molecule has 21 heavy (non-hydrogen) atoms. The summed E-state index contributed by atoms with van der Waals surface area (Å²) in [7, 11) is 0. The van der Waals surface area contributed by atoms with Gasteiger partial charge in [-0.25, -0.2) is 4.39 Å². The molecular formula is C16H12FN3O. The highest BCUT2D eigenvalue weighted by Crippen LogP contribution is 2.30. The molecule has 0 aliphatic carbocycles. The Kier molecular flexibility index (Phi) is 3.23. The zero-order chi connectivity index (χ0) is 14.8. The Morgan fingerprint density at radius 3 is 2.67 bits per heavy atom. The van der Waals surface area contributed by atoms with Crippen LogP contribution in [0.25, 0.3) is 10.9 Å². The molecular weight excluding hydrogens is 269 g/mol. The predicted octanol–water partition coefficient (Wildman–Crippen LogP) is 3.45. The van der Waals surface area contributed by atoms with E-state index in [1.807, 2.05) is 24.3 Å². The molecule has 0 radical (unpaired) electrons. The molecule has 0 unspecified atom stereocenters. The van der Waals surface area contributed by atoms with Crippen molar-refractivity contribution in [3.8, 4) is 11.5 Å². The Hall–Kier alpha value is -2.95. The van der Waals surface area contributed by atoms with Gasteiger partial charge in [0, 0.05) is 17.1 Å². The Balaban J connectivity index is 2.01. The summed E-state index contributed by atoms with van der Waals surface area (Å²) in [6.45, 7) is 0. The van der Waals surface area contributed by atoms with Crippen LogP contribution < -0.4 is 10.5 Å². The molecule has 2 aromatic carbocycles. The van der Waals surface area contributed by atoms with Crippen LogP contribution in [-0.4, -0.2) is 10.8 Å². The van der Waals surface area contributed by atoms with Crippen molar-refractivity contribution in [3.63, 3.8) is 0 Å². The Bertz CT molecular complexity index is 827. The van der Waals surface area contributed by atoms with Crippen LogP contribution in [0.5, 0.6) is 11.5 Å². The number of benzene rings is 2. The number of fused-ring (bicyclic) bond motifs is 1. The maximum Gasteiger partial charge on any atom is 0.166 e. The van der Waals surface area contributed by atoms with Crippen molar-refractivity contribution in [1.82, 2.24) is 4.98 Å². The Morgan fingerprint density at radius 1 is 1.10 bits per heavy atom. The summed E-state index contributed by atoms with van der Waals surface area (Å²) in [4.78, 5) is 4.25. The number of para-hydroxylation sites is 1. The van der Waals surface area contributed by atoms with E-state index in [4.69, 9.17) is 15.9 Å². The SMILES string of the molecule is N=C(N)c1ccc(Oc2cccc3cccnc23)c(F)c1. The number of nitrogens with one attached hydrogen (secondary N) is 1. The van der Waals surface area contributed by atoms with Gasteiger partial charge >= 0.3 is 0 Å². The molecule has 0 bridgehead atoms. The third-order valence-corrected chi connectivity index (χ3v) is 3.06. The number of rotatable bonds is 3. The van der Waals surface area contributed by atoms with E-state index in [-0.39, 0.29) is 11.6 Å². The van der Waals surface area contributed by atoms with Crippen LogP contribution in [0.1, 0.15) is 5.56 Å². The number of nitrogen functional groups attached to an aromatic ring is 1. The van der Waals surface area contributed by atoms with Crippen molar-refractivity contribution in [2.75, 3.05) is 0 Å². The van der Waals surface area contributed by atoms with Gasteiger partial charge in [-0.1, -0.05) is 18.2 Å². The van der Waals surface area contributed by atoms with Crippen LogP contribution >= 0.6 is 0 Å². The van der Waals surface area contributed by atoms with Gasteiger partial charge in [0.25, 0.3) is 0 Å². The van der Waals surface area contributed by atoms with Gasteiger partial charge in [-0.05, 0) is 30.3 Å². The molecule has 104 valence electrons. The number of pyridine rings is 1. The molecule has 3 N–H and O–H groups in total. The molecule has 5 heteroatoms. The number of ether oxygens (including phenoxy) is 1. The van der Waals surface area contributed by atoms with Gasteiger partial charge in [0.05, 0.1) is 0 Å². The van der Waals surface area contributed by atoms with E-state index in [2.05, 4.69) is 4.98 Å². The molecule has 0 spiro atoms. The van der Waals surface area contributed by atoms with E-state index in [0.717, 1.165) is 5.39 Å². The smallest absolute Gasteiger partial charge is 0.166 e. The van der Waals surface area contributed by atoms with Crippen molar-refractivity contribution >= 4 is 16.7 Å². The fourth-order valence-corrected chi connectivity index (χ4v) is 2.03. The van der Waals surface area contributed by atoms with Crippen molar-refractivity contribution in [3.05, 3.63) is 66.1 Å². The Morgan fingerprint density at radius 2 is 1.90 bits per heavy atom. The highest BCUT2D eigenvalue weighted by atomic mass is 19.1. The maximum absolute atomic E-state index is 14.0. The quantitative estimate of drug-likeness (QED) is 0.570. The lowest BCUT2D eigenvalue weighted by Gasteiger charge is -2.09. The molecule has 4 nitrogen and oxygen atoms in total. The summed E-state index contributed by atoms with van der Waals surface area (Å²) < 4.78 is 19.6. The van der Waals surface area contributed by atoms with Gasteiger partial charge in [-0.15, -0.1) is 0 Å². The monoisotopic (exact) mass is 281 g/mol. The summed E-state index contributed by atoms with van der Waals surface area (Å²) >= 11 is 0. The third kappa shape index (κ3) is 2.53. The van der Waals surface area contributed by atoms with Gasteiger partial charge in [0.1, 0.15) is 11.4 Å². The molecule has 0 amide bonds. The second-order valence-corrected chi connectivity index (χ2v) is 4.49. The van der Waals surface area contributed by atoms with Gasteiger partial charge in [0.15, 0.2) is 17.3 Å². The average Bonchev–Trinajstić information content (AvgIpc) is 2.49. The van der Waals surface area contributed by atoms with Crippen molar-refractivity contribution < 1.29 is 9.13 Å². The topological polar surface area (TPSA) is 72.0 Å². The van der Waals surface area contributed by atoms with Crippen LogP contribution in [0.4, 0.5) is 4.39 Å². The minimum atomic E-state index is -0.573. The summed E-state index contributed by atoms with van der Waals surface area (Å²) in [5.74, 6) is -0.219. The summed E-state index contributed by atoms with van der Waals surface area (Å²) in [5.41, 5.74) is 6.30. The van der Waals surface area contributed by atoms with E-state index in [1.165, 1.54) is 12.1 Å². The molecule has 0 aliphatic rings. The van der Waals surface area contributed by atoms with Gasteiger partial charge in [0.2, 0.25) is 0 Å². The van der Waals surface area contributed by atoms with Crippen LogP contribution in [0, 0.1) is 11.2 Å². The zero-order valence-corrected chi connectivity index (χ0v) is 11.0. The average molecular weight is 281 g/mol. The molecule has 0 aliphatic heterocycles. The molecule has 1 aromatic heterocycles. The molecule has 0 saturated carbocycles. The van der Waals surface area contributed by atoms with Gasteiger partial charge in [-0.3, -0.25) is 10.4 Å². The van der Waals surface area contributed by atoms with E-state index in [1.54, 1.807) is 18.3 Å². The minimum absolute atomic E-state index is 0.0677. The highest BCUT2D eigenvalue weighted by molar-refractivity contribution is 5.95. The summed E-state index contributed by atoms with van der Waals surface area (Å²) in [6, 6.07) is 13.4. The van der Waals surface area contributed by atoms with Crippen molar-refractivity contribution in [2.24, 2.45) is 5.73 Å². The molecule has 0 saturated heterocycles. The lowest BCUT2D eigenvalue weighted by molar-refractivity contribution is 0.445. The summed E-state index contributed by atoms with van der Waals surface area (Å²) in [5, 5.41) is 8.20. The van der Waals surface area contributed by atoms with Gasteiger partial charge in [-0.2, -0.15) is 0 Å². The highest BCUT2D eigenvalue weighted by Gasteiger charge is 2.10. The number of halogens is 1. The third-order valence-electron chi connectivity index (χ3n) is 3.06. The van der Waals surface area contributed by atoms with E-state index >= 15 is 0 Å². The van der Waals surface area contributed by atoms with E-state index < -0.39 is 5.82 Å². The number of hydrogen-bond acceptors (Lipinski definition) is 3. The largest absolute Gasteiger partial charge is 0.452 e. The van der Waals surface area contributed by atoms with E-state index in [9.17, 15) is 4.39 Å². The van der Waals surface area contributed by atoms with Crippen LogP contribution in [0.2, 0.25) is 0 Å². The number of nitrogens with two attached hydrogens (primary N) is 1. The molecule has 1 heterocycles. The van der Waals surface area contributed by atoms with E-state index in [0.29, 0.717) is 16.8 Å².